The summed E-state index contributed by atoms with van der Waals surface area (Å²) in [7, 11) is 0. The van der Waals surface area contributed by atoms with Gasteiger partial charge in [0.15, 0.2) is 5.82 Å². The number of ether oxygens (including phenoxy) is 1. The molecule has 0 saturated heterocycles. The molecule has 62 heavy (non-hydrogen) atoms. The lowest BCUT2D eigenvalue weighted by molar-refractivity contribution is 0.436. The number of nitrogens with zero attached hydrogens (tertiary/aromatic N) is 2. The van der Waals surface area contributed by atoms with Crippen LogP contribution >= 0.6 is 0 Å². The molecule has 0 radical (unpaired) electrons. The molecule has 2 heterocycles. The van der Waals surface area contributed by atoms with Crippen LogP contribution in [-0.2, 0) is 5.41 Å². The van der Waals surface area contributed by atoms with Crippen molar-refractivity contribution in [3.8, 4) is 67.7 Å². The highest BCUT2D eigenvalue weighted by Crippen LogP contribution is 2.62. The van der Waals surface area contributed by atoms with Gasteiger partial charge in [-0.2, -0.15) is 0 Å². The van der Waals surface area contributed by atoms with Gasteiger partial charge in [0, 0.05) is 27.8 Å². The average molecular weight is 789 g/mol. The lowest BCUT2D eigenvalue weighted by Gasteiger charge is -2.39. The predicted molar refractivity (Wildman–Crippen MR) is 254 cm³/mol. The van der Waals surface area contributed by atoms with Crippen molar-refractivity contribution >= 4 is 32.3 Å². The van der Waals surface area contributed by atoms with E-state index in [9.17, 15) is 0 Å². The Kier molecular flexibility index (Phi) is 7.52. The molecule has 1 aromatic heterocycles. The number of rotatable bonds is 4. The Morgan fingerprint density at radius 2 is 0.774 bits per heavy atom. The van der Waals surface area contributed by atoms with Gasteiger partial charge < -0.3 is 4.74 Å². The fraction of sp³-hybridized carbons (Fsp3) is 0.0169. The zero-order chi connectivity index (χ0) is 40.8. The van der Waals surface area contributed by atoms with E-state index in [0.29, 0.717) is 5.82 Å². The maximum Gasteiger partial charge on any atom is 0.160 e. The van der Waals surface area contributed by atoms with Gasteiger partial charge in [-0.15, -0.1) is 0 Å². The molecule has 3 nitrogen and oxygen atoms in total. The van der Waals surface area contributed by atoms with Crippen LogP contribution in [0.2, 0.25) is 0 Å². The number of aromatic nitrogens is 2. The highest BCUT2D eigenvalue weighted by atomic mass is 16.5. The molecule has 1 spiro atoms. The number of fused-ring (bicyclic) bond motifs is 15. The van der Waals surface area contributed by atoms with Crippen LogP contribution in [0, 0.1) is 0 Å². The molecule has 0 bridgehead atoms. The van der Waals surface area contributed by atoms with Crippen LogP contribution in [0.1, 0.15) is 22.3 Å². The van der Waals surface area contributed by atoms with Gasteiger partial charge in [-0.25, -0.2) is 9.97 Å². The normalized spacial score (nSPS) is 13.1. The molecule has 13 rings (SSSR count). The maximum atomic E-state index is 6.61. The van der Waals surface area contributed by atoms with Crippen LogP contribution in [0.5, 0.6) is 11.5 Å². The molecular weight excluding hydrogens is 753 g/mol. The first-order valence-corrected chi connectivity index (χ1v) is 21.2. The van der Waals surface area contributed by atoms with Crippen LogP contribution < -0.4 is 4.74 Å². The van der Waals surface area contributed by atoms with Crippen molar-refractivity contribution in [3.63, 3.8) is 0 Å². The van der Waals surface area contributed by atoms with Crippen molar-refractivity contribution in [2.75, 3.05) is 0 Å². The third kappa shape index (κ3) is 5.06. The van der Waals surface area contributed by atoms with E-state index in [-0.39, 0.29) is 0 Å². The highest BCUT2D eigenvalue weighted by molar-refractivity contribution is 6.25. The van der Waals surface area contributed by atoms with E-state index in [1.54, 1.807) is 0 Å². The molecule has 0 N–H and O–H groups in total. The van der Waals surface area contributed by atoms with Gasteiger partial charge in [-0.1, -0.05) is 188 Å². The zero-order valence-electron chi connectivity index (χ0n) is 33.6. The molecule has 3 heteroatoms. The summed E-state index contributed by atoms with van der Waals surface area (Å²) in [5.74, 6) is 2.44. The summed E-state index contributed by atoms with van der Waals surface area (Å²) in [5, 5.41) is 7.64. The van der Waals surface area contributed by atoms with Gasteiger partial charge in [-0.05, 0) is 96.0 Å². The first-order valence-electron chi connectivity index (χ1n) is 21.2. The van der Waals surface area contributed by atoms with E-state index in [4.69, 9.17) is 14.7 Å². The largest absolute Gasteiger partial charge is 0.457 e. The predicted octanol–water partition coefficient (Wildman–Crippen LogP) is 15.1. The Balaban J connectivity index is 0.959. The summed E-state index contributed by atoms with van der Waals surface area (Å²) in [6.45, 7) is 0. The third-order valence-corrected chi connectivity index (χ3v) is 13.2. The summed E-state index contributed by atoms with van der Waals surface area (Å²) in [6.07, 6.45) is 0. The van der Waals surface area contributed by atoms with Gasteiger partial charge in [0.05, 0.1) is 16.8 Å². The first-order chi connectivity index (χ1) is 30.7. The zero-order valence-corrected chi connectivity index (χ0v) is 33.6. The Morgan fingerprint density at radius 1 is 0.290 bits per heavy atom. The van der Waals surface area contributed by atoms with E-state index in [2.05, 4.69) is 212 Å². The van der Waals surface area contributed by atoms with Gasteiger partial charge in [0.2, 0.25) is 0 Å². The van der Waals surface area contributed by atoms with Gasteiger partial charge in [0.1, 0.15) is 11.5 Å². The van der Waals surface area contributed by atoms with Crippen molar-refractivity contribution in [2.45, 2.75) is 5.41 Å². The van der Waals surface area contributed by atoms with Crippen LogP contribution in [0.3, 0.4) is 0 Å². The topological polar surface area (TPSA) is 35.0 Å². The third-order valence-electron chi connectivity index (χ3n) is 13.2. The molecule has 0 amide bonds. The van der Waals surface area contributed by atoms with Crippen LogP contribution in [0.15, 0.2) is 218 Å². The number of hydrogen-bond acceptors (Lipinski definition) is 3. The quantitative estimate of drug-likeness (QED) is 0.167. The molecule has 0 saturated carbocycles. The number of para-hydroxylation sites is 2. The second kappa shape index (κ2) is 13.4. The van der Waals surface area contributed by atoms with Crippen molar-refractivity contribution in [1.82, 2.24) is 9.97 Å². The molecule has 1 aliphatic heterocycles. The van der Waals surface area contributed by atoms with Gasteiger partial charge >= 0.3 is 0 Å². The fourth-order valence-corrected chi connectivity index (χ4v) is 10.4. The minimum Gasteiger partial charge on any atom is -0.457 e. The molecule has 288 valence electrons. The summed E-state index contributed by atoms with van der Waals surface area (Å²) >= 11 is 0. The van der Waals surface area contributed by atoms with Crippen molar-refractivity contribution in [1.29, 1.82) is 0 Å². The summed E-state index contributed by atoms with van der Waals surface area (Å²) < 4.78 is 6.61. The molecule has 11 aromatic rings. The minimum atomic E-state index is -0.566. The smallest absolute Gasteiger partial charge is 0.160 e. The summed E-state index contributed by atoms with van der Waals surface area (Å²) in [5.41, 5.74) is 13.8. The van der Waals surface area contributed by atoms with Crippen LogP contribution in [-0.4, -0.2) is 9.97 Å². The summed E-state index contributed by atoms with van der Waals surface area (Å²) in [6, 6.07) is 78.4. The SMILES string of the molecule is c1ccc(-c2cc(-c3ccc4c(c3)C3(c5ccccc5Oc5ccccc53)c3ccccc3-4)nc(-c3ccc(-c4ccc5c6ccccc6c6ccccc6c5c4)cc3)n2)cc1. The Morgan fingerprint density at radius 3 is 1.45 bits per heavy atom. The van der Waals surface area contributed by atoms with Crippen molar-refractivity contribution < 1.29 is 4.74 Å². The lowest BCUT2D eigenvalue weighted by atomic mass is 9.66. The van der Waals surface area contributed by atoms with E-state index >= 15 is 0 Å². The van der Waals surface area contributed by atoms with E-state index < -0.39 is 5.41 Å². The van der Waals surface area contributed by atoms with Gasteiger partial charge in [-0.3, -0.25) is 0 Å². The Labute approximate surface area is 359 Å². The standard InChI is InChI=1S/C59H36N2O/c1-2-14-38(15-3-1)54-36-55(41-31-33-48-47-20-8-9-21-50(47)59(53(48)35-41)51-22-10-12-24-56(51)62-57-25-13-11-23-52(57)59)61-58(60-54)39-28-26-37(27-29-39)40-30-32-46-44-18-5-4-16-42(44)43-17-6-7-19-45(43)49(46)34-40/h1-36H. The second-order valence-corrected chi connectivity index (χ2v) is 16.4. The van der Waals surface area contributed by atoms with Crippen molar-refractivity contribution in [3.05, 3.63) is 241 Å². The van der Waals surface area contributed by atoms with E-state index in [1.165, 1.54) is 60.1 Å². The molecular formula is C59H36N2O. The molecule has 2 aliphatic rings. The Hall–Kier alpha value is -8.14. The first kappa shape index (κ1) is 34.7. The highest BCUT2D eigenvalue weighted by Gasteiger charge is 2.51. The molecule has 0 unspecified atom stereocenters. The number of hydrogen-bond donors (Lipinski definition) is 0. The van der Waals surface area contributed by atoms with Crippen LogP contribution in [0.25, 0.3) is 88.5 Å². The van der Waals surface area contributed by atoms with Crippen LogP contribution in [0.4, 0.5) is 0 Å². The lowest BCUT2D eigenvalue weighted by Crippen LogP contribution is -2.32. The number of benzene rings is 10. The fourth-order valence-electron chi connectivity index (χ4n) is 10.4. The maximum absolute atomic E-state index is 6.61. The Bertz CT molecular complexity index is 3530. The molecule has 10 aromatic carbocycles. The second-order valence-electron chi connectivity index (χ2n) is 16.4. The van der Waals surface area contributed by atoms with E-state index in [1.807, 2.05) is 6.07 Å². The summed E-state index contributed by atoms with van der Waals surface area (Å²) in [4.78, 5) is 10.6. The molecule has 0 fully saturated rings. The van der Waals surface area contributed by atoms with E-state index in [0.717, 1.165) is 56.3 Å². The van der Waals surface area contributed by atoms with Gasteiger partial charge in [0.25, 0.3) is 0 Å². The molecule has 0 atom stereocenters. The minimum absolute atomic E-state index is 0.566. The average Bonchev–Trinajstić information content (AvgIpc) is 3.64. The van der Waals surface area contributed by atoms with Crippen molar-refractivity contribution in [2.24, 2.45) is 0 Å². The molecule has 1 aliphatic carbocycles. The monoisotopic (exact) mass is 788 g/mol.